The van der Waals surface area contributed by atoms with E-state index in [4.69, 9.17) is 0 Å². The number of amides is 1. The molecule has 1 aliphatic heterocycles. The molecule has 4 nitrogen and oxygen atoms in total. The van der Waals surface area contributed by atoms with E-state index in [9.17, 15) is 9.00 Å². The fourth-order valence-corrected chi connectivity index (χ4v) is 4.93. The van der Waals surface area contributed by atoms with E-state index in [0.717, 1.165) is 16.3 Å². The fourth-order valence-electron chi connectivity index (χ4n) is 2.75. The van der Waals surface area contributed by atoms with Crippen LogP contribution in [0.25, 0.3) is 10.6 Å². The van der Waals surface area contributed by atoms with Gasteiger partial charge in [0.25, 0.3) is 5.91 Å². The number of benzene rings is 1. The summed E-state index contributed by atoms with van der Waals surface area (Å²) in [5.74, 6) is 1.17. The lowest BCUT2D eigenvalue weighted by Crippen LogP contribution is -2.41. The van der Waals surface area contributed by atoms with E-state index in [0.29, 0.717) is 29.5 Å². The highest BCUT2D eigenvalue weighted by molar-refractivity contribution is 7.85. The maximum Gasteiger partial charge on any atom is 0.265 e. The largest absolute Gasteiger partial charge is 0.336 e. The summed E-state index contributed by atoms with van der Waals surface area (Å²) in [4.78, 5) is 19.8. The molecule has 1 saturated heterocycles. The minimum Gasteiger partial charge on any atom is -0.336 e. The van der Waals surface area contributed by atoms with E-state index in [1.54, 1.807) is 4.90 Å². The third kappa shape index (κ3) is 3.38. The zero-order valence-electron chi connectivity index (χ0n) is 13.6. The van der Waals surface area contributed by atoms with Gasteiger partial charge >= 0.3 is 0 Å². The maximum absolute atomic E-state index is 12.7. The van der Waals surface area contributed by atoms with Gasteiger partial charge in [-0.1, -0.05) is 23.8 Å². The molecular formula is C17H20N2O2S2. The number of aromatic nitrogens is 1. The molecule has 0 spiro atoms. The Morgan fingerprint density at radius 2 is 1.91 bits per heavy atom. The lowest BCUT2D eigenvalue weighted by molar-refractivity contribution is 0.0775. The Morgan fingerprint density at radius 1 is 1.22 bits per heavy atom. The maximum atomic E-state index is 12.7. The zero-order chi connectivity index (χ0) is 16.6. The van der Waals surface area contributed by atoms with Crippen molar-refractivity contribution < 1.29 is 9.00 Å². The number of hydrogen-bond acceptors (Lipinski definition) is 4. The highest BCUT2D eigenvalue weighted by atomic mass is 32.2. The Kier molecular flexibility index (Phi) is 4.64. The molecule has 1 aromatic heterocycles. The Balaban J connectivity index is 1.89. The molecule has 1 aromatic carbocycles. The number of aryl methyl sites for hydroxylation is 3. The van der Waals surface area contributed by atoms with Crippen molar-refractivity contribution in [1.82, 2.24) is 9.88 Å². The summed E-state index contributed by atoms with van der Waals surface area (Å²) in [6, 6.07) is 6.27. The number of carbonyl (C=O) groups is 1. The molecule has 1 amide bonds. The second kappa shape index (κ2) is 6.53. The summed E-state index contributed by atoms with van der Waals surface area (Å²) in [7, 11) is -0.775. The van der Waals surface area contributed by atoms with Gasteiger partial charge in [-0.3, -0.25) is 9.00 Å². The van der Waals surface area contributed by atoms with Gasteiger partial charge in [0.05, 0.1) is 5.69 Å². The van der Waals surface area contributed by atoms with Crippen LogP contribution in [0.15, 0.2) is 18.2 Å². The molecule has 2 heterocycles. The molecule has 0 unspecified atom stereocenters. The second-order valence-corrected chi connectivity index (χ2v) is 8.59. The molecule has 0 atom stereocenters. The number of hydrogen-bond donors (Lipinski definition) is 0. The van der Waals surface area contributed by atoms with Gasteiger partial charge in [-0.15, -0.1) is 11.3 Å². The predicted molar refractivity (Wildman–Crippen MR) is 95.5 cm³/mol. The molecule has 1 aliphatic rings. The average Bonchev–Trinajstić information content (AvgIpc) is 2.89. The summed E-state index contributed by atoms with van der Waals surface area (Å²) >= 11 is 1.46. The first-order valence-electron chi connectivity index (χ1n) is 7.65. The number of nitrogens with zero attached hydrogens (tertiary/aromatic N) is 2. The van der Waals surface area contributed by atoms with Gasteiger partial charge in [-0.2, -0.15) is 0 Å². The van der Waals surface area contributed by atoms with Gasteiger partial charge in [0, 0.05) is 41.0 Å². The van der Waals surface area contributed by atoms with Crippen LogP contribution in [0.5, 0.6) is 0 Å². The minimum atomic E-state index is -0.775. The van der Waals surface area contributed by atoms with Crippen molar-refractivity contribution in [3.8, 4) is 10.6 Å². The molecule has 0 aliphatic carbocycles. The van der Waals surface area contributed by atoms with Crippen LogP contribution in [-0.2, 0) is 10.8 Å². The second-order valence-electron chi connectivity index (χ2n) is 5.89. The summed E-state index contributed by atoms with van der Waals surface area (Å²) in [6.07, 6.45) is 0. The smallest absolute Gasteiger partial charge is 0.265 e. The Labute approximate surface area is 143 Å². The van der Waals surface area contributed by atoms with Crippen LogP contribution in [0.4, 0.5) is 0 Å². The SMILES string of the molecule is Cc1ccc(-c2nc(C)c(C(=O)N3CCS(=O)CC3)s2)c(C)c1. The molecule has 0 N–H and O–H groups in total. The van der Waals surface area contributed by atoms with Gasteiger partial charge in [0.2, 0.25) is 0 Å². The van der Waals surface area contributed by atoms with E-state index < -0.39 is 10.8 Å². The van der Waals surface area contributed by atoms with E-state index in [-0.39, 0.29) is 5.91 Å². The van der Waals surface area contributed by atoms with Crippen molar-refractivity contribution in [3.05, 3.63) is 39.9 Å². The first-order valence-corrected chi connectivity index (χ1v) is 9.95. The average molecular weight is 348 g/mol. The Hall–Kier alpha value is -1.53. The van der Waals surface area contributed by atoms with Crippen molar-refractivity contribution in [2.75, 3.05) is 24.6 Å². The quantitative estimate of drug-likeness (QED) is 0.838. The summed E-state index contributed by atoms with van der Waals surface area (Å²) < 4.78 is 11.5. The highest BCUT2D eigenvalue weighted by Gasteiger charge is 2.25. The van der Waals surface area contributed by atoms with Crippen LogP contribution >= 0.6 is 11.3 Å². The van der Waals surface area contributed by atoms with E-state index >= 15 is 0 Å². The van der Waals surface area contributed by atoms with Gasteiger partial charge in [0.1, 0.15) is 9.88 Å². The van der Waals surface area contributed by atoms with E-state index in [2.05, 4.69) is 37.0 Å². The van der Waals surface area contributed by atoms with Crippen LogP contribution in [0.3, 0.4) is 0 Å². The molecular weight excluding hydrogens is 328 g/mol. The molecule has 2 aromatic rings. The van der Waals surface area contributed by atoms with Gasteiger partial charge < -0.3 is 4.90 Å². The molecule has 0 bridgehead atoms. The standard InChI is InChI=1S/C17H20N2O2S2/c1-11-4-5-14(12(2)10-11)16-18-13(3)15(22-16)17(20)19-6-8-23(21)9-7-19/h4-5,10H,6-9H2,1-3H3. The molecule has 122 valence electrons. The zero-order valence-corrected chi connectivity index (χ0v) is 15.2. The van der Waals surface area contributed by atoms with Crippen molar-refractivity contribution >= 4 is 28.0 Å². The topological polar surface area (TPSA) is 50.3 Å². The molecule has 0 saturated carbocycles. The van der Waals surface area contributed by atoms with Crippen molar-refractivity contribution in [3.63, 3.8) is 0 Å². The monoisotopic (exact) mass is 348 g/mol. The van der Waals surface area contributed by atoms with Gasteiger partial charge in [-0.05, 0) is 26.3 Å². The fraction of sp³-hybridized carbons (Fsp3) is 0.412. The Bertz CT molecular complexity index is 773. The Morgan fingerprint density at radius 3 is 2.57 bits per heavy atom. The van der Waals surface area contributed by atoms with Crippen molar-refractivity contribution in [2.45, 2.75) is 20.8 Å². The highest BCUT2D eigenvalue weighted by Crippen LogP contribution is 2.31. The van der Waals surface area contributed by atoms with Crippen LogP contribution in [-0.4, -0.2) is 44.6 Å². The third-order valence-corrected chi connectivity index (χ3v) is 6.52. The van der Waals surface area contributed by atoms with Gasteiger partial charge in [-0.25, -0.2) is 4.98 Å². The van der Waals surface area contributed by atoms with Gasteiger partial charge in [0.15, 0.2) is 0 Å². The lowest BCUT2D eigenvalue weighted by atomic mass is 10.1. The van der Waals surface area contributed by atoms with E-state index in [1.807, 2.05) is 6.92 Å². The van der Waals surface area contributed by atoms with Crippen LogP contribution in [0, 0.1) is 20.8 Å². The van der Waals surface area contributed by atoms with Crippen molar-refractivity contribution in [2.24, 2.45) is 0 Å². The van der Waals surface area contributed by atoms with Crippen LogP contribution < -0.4 is 0 Å². The lowest BCUT2D eigenvalue weighted by Gasteiger charge is -2.25. The molecule has 0 radical (unpaired) electrons. The number of rotatable bonds is 2. The third-order valence-electron chi connectivity index (χ3n) is 4.07. The minimum absolute atomic E-state index is 0.0210. The van der Waals surface area contributed by atoms with E-state index in [1.165, 1.54) is 22.5 Å². The molecule has 23 heavy (non-hydrogen) atoms. The van der Waals surface area contributed by atoms with Crippen molar-refractivity contribution in [1.29, 1.82) is 0 Å². The summed E-state index contributed by atoms with van der Waals surface area (Å²) in [6.45, 7) is 7.17. The normalized spacial score (nSPS) is 15.9. The predicted octanol–water partition coefficient (Wildman–Crippen LogP) is 2.94. The molecule has 1 fully saturated rings. The first kappa shape index (κ1) is 16.3. The number of carbonyl (C=O) groups excluding carboxylic acids is 1. The van der Waals surface area contributed by atoms with Crippen LogP contribution in [0.2, 0.25) is 0 Å². The molecule has 3 rings (SSSR count). The van der Waals surface area contributed by atoms with Crippen LogP contribution in [0.1, 0.15) is 26.5 Å². The first-order chi connectivity index (χ1) is 11.0. The number of thiazole rings is 1. The molecule has 6 heteroatoms. The summed E-state index contributed by atoms with van der Waals surface area (Å²) in [5, 5.41) is 0.893. The summed E-state index contributed by atoms with van der Waals surface area (Å²) in [5.41, 5.74) is 4.26.